The first kappa shape index (κ1) is 13.6. The first-order valence-corrected chi connectivity index (χ1v) is 5.44. The molecule has 0 unspecified atom stereocenters. The third-order valence-corrected chi connectivity index (χ3v) is 2.59. The van der Waals surface area contributed by atoms with Crippen molar-refractivity contribution in [2.45, 2.75) is 26.9 Å². The van der Waals surface area contributed by atoms with E-state index in [4.69, 9.17) is 0 Å². The molecule has 2 aromatic heterocycles. The van der Waals surface area contributed by atoms with Crippen LogP contribution in [0.25, 0.3) is 0 Å². The lowest BCUT2D eigenvalue weighted by atomic mass is 10.3. The van der Waals surface area contributed by atoms with Gasteiger partial charge in [0.2, 0.25) is 0 Å². The Morgan fingerprint density at radius 2 is 2.06 bits per heavy atom. The zero-order valence-corrected chi connectivity index (χ0v) is 11.2. The molecule has 0 fully saturated rings. The van der Waals surface area contributed by atoms with Gasteiger partial charge in [0.1, 0.15) is 5.82 Å². The Bertz CT molecular complexity index is 454. The molecule has 2 heterocycles. The molecule has 0 radical (unpaired) electrons. The van der Waals surface area contributed by atoms with Crippen molar-refractivity contribution < 1.29 is 0 Å². The summed E-state index contributed by atoms with van der Waals surface area (Å²) in [6, 6.07) is 0. The molecular weight excluding hydrogens is 238 g/mol. The van der Waals surface area contributed by atoms with E-state index in [1.165, 1.54) is 5.56 Å². The van der Waals surface area contributed by atoms with Gasteiger partial charge in [0, 0.05) is 37.5 Å². The summed E-state index contributed by atoms with van der Waals surface area (Å²) in [5.41, 5.74) is 2.34. The lowest BCUT2D eigenvalue weighted by Crippen LogP contribution is -2.05. The van der Waals surface area contributed by atoms with Crippen LogP contribution in [0.15, 0.2) is 18.6 Å². The molecular formula is C11H18ClN5. The maximum Gasteiger partial charge on any atom is 0.127 e. The molecule has 1 N–H and O–H groups in total. The molecule has 0 atom stereocenters. The molecule has 0 amide bonds. The molecule has 0 spiro atoms. The quantitative estimate of drug-likeness (QED) is 0.909. The van der Waals surface area contributed by atoms with E-state index in [1.807, 2.05) is 35.7 Å². The number of rotatable bonds is 4. The summed E-state index contributed by atoms with van der Waals surface area (Å²) in [6.07, 6.45) is 5.80. The van der Waals surface area contributed by atoms with E-state index in [0.29, 0.717) is 0 Å². The molecule has 0 aliphatic rings. The number of hydrogen-bond donors (Lipinski definition) is 1. The predicted molar refractivity (Wildman–Crippen MR) is 70.4 cm³/mol. The molecule has 94 valence electrons. The number of aryl methyl sites for hydroxylation is 3. The maximum absolute atomic E-state index is 4.23. The number of nitrogens with zero attached hydrogens (tertiary/aromatic N) is 4. The van der Waals surface area contributed by atoms with Crippen LogP contribution in [0.1, 0.15) is 18.1 Å². The highest BCUT2D eigenvalue weighted by molar-refractivity contribution is 5.85. The van der Waals surface area contributed by atoms with E-state index in [1.54, 1.807) is 0 Å². The minimum absolute atomic E-state index is 0. The van der Waals surface area contributed by atoms with Gasteiger partial charge in [0.05, 0.1) is 12.4 Å². The van der Waals surface area contributed by atoms with E-state index in [2.05, 4.69) is 28.6 Å². The molecule has 0 bridgehead atoms. The van der Waals surface area contributed by atoms with Gasteiger partial charge in [-0.3, -0.25) is 9.36 Å². The molecule has 5 nitrogen and oxygen atoms in total. The predicted octanol–water partition coefficient (Wildman–Crippen LogP) is 1.98. The Morgan fingerprint density at radius 1 is 1.29 bits per heavy atom. The molecule has 6 heteroatoms. The molecule has 0 saturated heterocycles. The average molecular weight is 256 g/mol. The molecule has 0 saturated carbocycles. The molecule has 2 aromatic rings. The van der Waals surface area contributed by atoms with Crippen LogP contribution in [0.4, 0.5) is 5.82 Å². The van der Waals surface area contributed by atoms with E-state index in [9.17, 15) is 0 Å². The van der Waals surface area contributed by atoms with Crippen LogP contribution in [0.2, 0.25) is 0 Å². The van der Waals surface area contributed by atoms with Crippen LogP contribution in [0.5, 0.6) is 0 Å². The third-order valence-electron chi connectivity index (χ3n) is 2.59. The largest absolute Gasteiger partial charge is 0.366 e. The van der Waals surface area contributed by atoms with E-state index < -0.39 is 0 Å². The molecule has 2 rings (SSSR count). The van der Waals surface area contributed by atoms with Crippen LogP contribution in [0.3, 0.4) is 0 Å². The van der Waals surface area contributed by atoms with Crippen molar-refractivity contribution in [1.29, 1.82) is 0 Å². The van der Waals surface area contributed by atoms with Gasteiger partial charge >= 0.3 is 0 Å². The smallest absolute Gasteiger partial charge is 0.127 e. The van der Waals surface area contributed by atoms with Gasteiger partial charge in [-0.05, 0) is 13.8 Å². The van der Waals surface area contributed by atoms with Crippen LogP contribution in [0, 0.1) is 6.92 Å². The normalized spacial score (nSPS) is 10.1. The zero-order chi connectivity index (χ0) is 11.5. The fourth-order valence-corrected chi connectivity index (χ4v) is 1.66. The van der Waals surface area contributed by atoms with Crippen molar-refractivity contribution in [3.8, 4) is 0 Å². The van der Waals surface area contributed by atoms with Gasteiger partial charge in [-0.25, -0.2) is 0 Å². The van der Waals surface area contributed by atoms with E-state index in [0.717, 1.165) is 24.5 Å². The lowest BCUT2D eigenvalue weighted by molar-refractivity contribution is 0.659. The van der Waals surface area contributed by atoms with Gasteiger partial charge in [-0.15, -0.1) is 12.4 Å². The molecule has 17 heavy (non-hydrogen) atoms. The minimum atomic E-state index is 0. The second kappa shape index (κ2) is 5.72. The van der Waals surface area contributed by atoms with Crippen LogP contribution in [-0.2, 0) is 20.1 Å². The molecule has 0 aliphatic heterocycles. The summed E-state index contributed by atoms with van der Waals surface area (Å²) in [7, 11) is 1.94. The molecule has 0 aromatic carbocycles. The van der Waals surface area contributed by atoms with Gasteiger partial charge in [-0.1, -0.05) is 0 Å². The van der Waals surface area contributed by atoms with Gasteiger partial charge < -0.3 is 5.32 Å². The van der Waals surface area contributed by atoms with Gasteiger partial charge in [0.15, 0.2) is 0 Å². The Balaban J connectivity index is 0.00000144. The number of hydrogen-bond acceptors (Lipinski definition) is 3. The monoisotopic (exact) mass is 255 g/mol. The Morgan fingerprint density at radius 3 is 2.59 bits per heavy atom. The second-order valence-electron chi connectivity index (χ2n) is 3.86. The zero-order valence-electron chi connectivity index (χ0n) is 10.3. The Kier molecular flexibility index (Phi) is 4.57. The summed E-state index contributed by atoms with van der Waals surface area (Å²) in [5.74, 6) is 1.06. The van der Waals surface area contributed by atoms with Crippen molar-refractivity contribution in [2.75, 3.05) is 5.32 Å². The number of nitrogens with one attached hydrogen (secondary N) is 1. The Hall–Kier alpha value is -1.49. The summed E-state index contributed by atoms with van der Waals surface area (Å²) < 4.78 is 3.77. The second-order valence-corrected chi connectivity index (χ2v) is 3.86. The standard InChI is InChI=1S/C11H17N5.ClH/c1-4-16-8-10(7-14-16)6-12-11-9(2)5-13-15(11)3;/h5,7-8,12H,4,6H2,1-3H3;1H. The summed E-state index contributed by atoms with van der Waals surface area (Å²) in [4.78, 5) is 0. The van der Waals surface area contributed by atoms with Crippen molar-refractivity contribution in [2.24, 2.45) is 7.05 Å². The minimum Gasteiger partial charge on any atom is -0.366 e. The van der Waals surface area contributed by atoms with Crippen LogP contribution < -0.4 is 5.32 Å². The van der Waals surface area contributed by atoms with Crippen molar-refractivity contribution in [1.82, 2.24) is 19.6 Å². The molecule has 0 aliphatic carbocycles. The Labute approximate surface area is 107 Å². The van der Waals surface area contributed by atoms with Crippen LogP contribution in [-0.4, -0.2) is 19.6 Å². The highest BCUT2D eigenvalue weighted by Gasteiger charge is 2.04. The third kappa shape index (κ3) is 3.00. The average Bonchev–Trinajstić information content (AvgIpc) is 2.85. The first-order valence-electron chi connectivity index (χ1n) is 5.44. The fraction of sp³-hybridized carbons (Fsp3) is 0.455. The van der Waals surface area contributed by atoms with E-state index >= 15 is 0 Å². The van der Waals surface area contributed by atoms with Crippen molar-refractivity contribution >= 4 is 18.2 Å². The fourth-order valence-electron chi connectivity index (χ4n) is 1.66. The first-order chi connectivity index (χ1) is 7.70. The number of halogens is 1. The number of aromatic nitrogens is 4. The summed E-state index contributed by atoms with van der Waals surface area (Å²) >= 11 is 0. The van der Waals surface area contributed by atoms with Crippen molar-refractivity contribution in [3.05, 3.63) is 29.7 Å². The van der Waals surface area contributed by atoms with Crippen LogP contribution >= 0.6 is 12.4 Å². The topological polar surface area (TPSA) is 47.7 Å². The SMILES string of the molecule is CCn1cc(CNc2c(C)cnn2C)cn1.Cl. The number of anilines is 1. The lowest BCUT2D eigenvalue weighted by Gasteiger charge is -2.06. The highest BCUT2D eigenvalue weighted by atomic mass is 35.5. The van der Waals surface area contributed by atoms with E-state index in [-0.39, 0.29) is 12.4 Å². The van der Waals surface area contributed by atoms with Gasteiger partial charge in [0.25, 0.3) is 0 Å². The maximum atomic E-state index is 4.23. The summed E-state index contributed by atoms with van der Waals surface area (Å²) in [5, 5.41) is 11.8. The highest BCUT2D eigenvalue weighted by Crippen LogP contribution is 2.13. The van der Waals surface area contributed by atoms with Crippen molar-refractivity contribution in [3.63, 3.8) is 0 Å². The van der Waals surface area contributed by atoms with Gasteiger partial charge in [-0.2, -0.15) is 10.2 Å². The summed E-state index contributed by atoms with van der Waals surface area (Å²) in [6.45, 7) is 5.81.